The van der Waals surface area contributed by atoms with E-state index in [4.69, 9.17) is 28.9 Å². The van der Waals surface area contributed by atoms with E-state index in [1.165, 1.54) is 51.4 Å². The van der Waals surface area contributed by atoms with Crippen molar-refractivity contribution >= 4 is 6.79 Å². The summed E-state index contributed by atoms with van der Waals surface area (Å²) in [7, 11) is 0. The first-order valence-electron chi connectivity index (χ1n) is 16.3. The third-order valence-electron chi connectivity index (χ3n) is 7.20. The molecule has 1 rings (SSSR count). The number of nitrogens with one attached hydrogen (secondary N) is 1. The van der Waals surface area contributed by atoms with E-state index in [1.807, 2.05) is 6.79 Å². The summed E-state index contributed by atoms with van der Waals surface area (Å²) in [5.41, 5.74) is 3.01. The van der Waals surface area contributed by atoms with Crippen molar-refractivity contribution in [3.63, 3.8) is 0 Å². The molecule has 0 aromatic heterocycles. The molecule has 41 heavy (non-hydrogen) atoms. The number of hydroxylamine groups is 1. The van der Waals surface area contributed by atoms with Crippen molar-refractivity contribution in [2.24, 2.45) is 0 Å². The molecule has 244 valence electrons. The Bertz CT molecular complexity index is 599. The highest BCUT2D eigenvalue weighted by Crippen LogP contribution is 2.17. The Morgan fingerprint density at radius 3 is 2.44 bits per heavy atom. The summed E-state index contributed by atoms with van der Waals surface area (Å²) in [5, 5.41) is 0. The van der Waals surface area contributed by atoms with Gasteiger partial charge in [-0.05, 0) is 71.8 Å². The van der Waals surface area contributed by atoms with E-state index < -0.39 is 0 Å². The first-order chi connectivity index (χ1) is 20.2. The van der Waals surface area contributed by atoms with Crippen LogP contribution in [0, 0.1) is 0 Å². The maximum atomic E-state index is 8.00. The molecule has 8 nitrogen and oxygen atoms in total. The highest BCUT2D eigenvalue weighted by molar-refractivity contribution is 5.11. The van der Waals surface area contributed by atoms with Crippen LogP contribution in [-0.2, 0) is 28.9 Å². The van der Waals surface area contributed by atoms with Crippen molar-refractivity contribution in [1.29, 1.82) is 0 Å². The minimum Gasteiger partial charge on any atom is -0.379 e. The SMILES string of the molecule is C/C=C\C/C=C\CCCCCCCCOCC(CN1CCCC1C)OOCCOCCNO[C@H](CC)CCC.C=O.[HH]. The van der Waals surface area contributed by atoms with Crippen molar-refractivity contribution in [1.82, 2.24) is 10.4 Å². The van der Waals surface area contributed by atoms with E-state index >= 15 is 0 Å². The maximum Gasteiger partial charge on any atom is 0.129 e. The number of allylic oxidation sites excluding steroid dienone is 4. The standard InChI is InChI=1S/C32H62N2O5.CH2O.H2/c1-5-8-9-10-11-12-13-14-15-16-17-18-24-36-29-32(28-34-23-19-21-30(34)4)39-37-27-26-35-25-22-33-38-31(7-3)20-6-2;1-2;/h5,8,10-11,30-33H,6-7,9,12-29H2,1-4H3;1H2;1H/b8-5-,11-10-;;/t30?,31-,32?;;/m1../s1. The summed E-state index contributed by atoms with van der Waals surface area (Å²) < 4.78 is 11.6. The fourth-order valence-electron chi connectivity index (χ4n) is 4.75. The van der Waals surface area contributed by atoms with Gasteiger partial charge >= 0.3 is 0 Å². The molecule has 8 heteroatoms. The van der Waals surface area contributed by atoms with Gasteiger partial charge in [0.25, 0.3) is 0 Å². The van der Waals surface area contributed by atoms with Gasteiger partial charge in [0.15, 0.2) is 0 Å². The van der Waals surface area contributed by atoms with E-state index in [1.54, 1.807) is 0 Å². The summed E-state index contributed by atoms with van der Waals surface area (Å²) in [4.78, 5) is 27.4. The Morgan fingerprint density at radius 1 is 0.951 bits per heavy atom. The van der Waals surface area contributed by atoms with Gasteiger partial charge in [0, 0.05) is 27.2 Å². The van der Waals surface area contributed by atoms with Crippen LogP contribution in [0.25, 0.3) is 0 Å². The lowest BCUT2D eigenvalue weighted by molar-refractivity contribution is -0.335. The molecule has 2 unspecified atom stereocenters. The Labute approximate surface area is 253 Å². The lowest BCUT2D eigenvalue weighted by Gasteiger charge is -2.26. The molecule has 0 aliphatic carbocycles. The molecule has 1 saturated heterocycles. The van der Waals surface area contributed by atoms with Gasteiger partial charge < -0.3 is 14.3 Å². The Kier molecular flexibility index (Phi) is 30.9. The first kappa shape index (κ1) is 39.9. The fraction of sp³-hybridized carbons (Fsp3) is 0.848. The lowest BCUT2D eigenvalue weighted by atomic mass is 10.1. The Hall–Kier alpha value is -1.13. The first-order valence-corrected chi connectivity index (χ1v) is 16.3. The fourth-order valence-corrected chi connectivity index (χ4v) is 4.75. The minimum atomic E-state index is -0.0777. The number of unbranched alkanes of at least 4 members (excludes halogenated alkanes) is 6. The molecular formula is C33H66N2O6. The van der Waals surface area contributed by atoms with Gasteiger partial charge in [-0.1, -0.05) is 70.3 Å². The van der Waals surface area contributed by atoms with Gasteiger partial charge in [0.2, 0.25) is 0 Å². The predicted molar refractivity (Wildman–Crippen MR) is 171 cm³/mol. The van der Waals surface area contributed by atoms with Gasteiger partial charge in [-0.3, -0.25) is 9.74 Å². The molecule has 0 spiro atoms. The molecule has 1 fully saturated rings. The van der Waals surface area contributed by atoms with Crippen LogP contribution in [0.4, 0.5) is 0 Å². The average molecular weight is 587 g/mol. The summed E-state index contributed by atoms with van der Waals surface area (Å²) >= 11 is 0. The van der Waals surface area contributed by atoms with Crippen LogP contribution >= 0.6 is 0 Å². The van der Waals surface area contributed by atoms with Crippen LogP contribution in [0.5, 0.6) is 0 Å². The molecule has 1 aliphatic heterocycles. The van der Waals surface area contributed by atoms with E-state index in [-0.39, 0.29) is 13.6 Å². The molecule has 1 N–H and O–H groups in total. The number of rotatable bonds is 28. The summed E-state index contributed by atoms with van der Waals surface area (Å²) in [6, 6.07) is 0.599. The molecule has 3 atom stereocenters. The number of hydrogen-bond donors (Lipinski definition) is 1. The molecule has 0 radical (unpaired) electrons. The smallest absolute Gasteiger partial charge is 0.129 e. The van der Waals surface area contributed by atoms with Crippen molar-refractivity contribution in [2.75, 3.05) is 52.7 Å². The highest BCUT2D eigenvalue weighted by atomic mass is 17.2. The van der Waals surface area contributed by atoms with Crippen molar-refractivity contribution in [3.8, 4) is 0 Å². The highest BCUT2D eigenvalue weighted by Gasteiger charge is 2.24. The lowest BCUT2D eigenvalue weighted by Crippen LogP contribution is -2.38. The van der Waals surface area contributed by atoms with Crippen LogP contribution in [0.2, 0.25) is 0 Å². The third-order valence-corrected chi connectivity index (χ3v) is 7.20. The Morgan fingerprint density at radius 2 is 1.73 bits per heavy atom. The number of likely N-dealkylation sites (tertiary alicyclic amines) is 1. The average Bonchev–Trinajstić information content (AvgIpc) is 3.40. The molecular weight excluding hydrogens is 520 g/mol. The zero-order valence-electron chi connectivity index (χ0n) is 27.0. The third kappa shape index (κ3) is 25.1. The van der Waals surface area contributed by atoms with Crippen LogP contribution in [-0.4, -0.2) is 82.6 Å². The number of hydrogen-bond acceptors (Lipinski definition) is 8. The van der Waals surface area contributed by atoms with Crippen molar-refractivity contribution in [3.05, 3.63) is 24.3 Å². The van der Waals surface area contributed by atoms with Gasteiger partial charge in [-0.25, -0.2) is 9.78 Å². The topological polar surface area (TPSA) is 78.5 Å². The van der Waals surface area contributed by atoms with Crippen LogP contribution < -0.4 is 5.48 Å². The molecule has 0 saturated carbocycles. The van der Waals surface area contributed by atoms with Gasteiger partial charge in [0.1, 0.15) is 19.5 Å². The second kappa shape index (κ2) is 31.8. The molecule has 0 amide bonds. The van der Waals surface area contributed by atoms with Gasteiger partial charge in [0.05, 0.1) is 25.9 Å². The zero-order valence-corrected chi connectivity index (χ0v) is 27.0. The van der Waals surface area contributed by atoms with Crippen LogP contribution in [0.3, 0.4) is 0 Å². The van der Waals surface area contributed by atoms with Gasteiger partial charge in [-0.15, -0.1) is 0 Å². The van der Waals surface area contributed by atoms with Gasteiger partial charge in [-0.2, -0.15) is 5.48 Å². The van der Waals surface area contributed by atoms with Crippen molar-refractivity contribution < 1.29 is 30.3 Å². The van der Waals surface area contributed by atoms with E-state index in [2.05, 4.69) is 62.4 Å². The second-order valence-corrected chi connectivity index (χ2v) is 10.7. The van der Waals surface area contributed by atoms with E-state index in [9.17, 15) is 0 Å². The van der Waals surface area contributed by atoms with E-state index in [0.717, 1.165) is 51.8 Å². The molecule has 0 aromatic carbocycles. The largest absolute Gasteiger partial charge is 0.379 e. The predicted octanol–water partition coefficient (Wildman–Crippen LogP) is 7.23. The summed E-state index contributed by atoms with van der Waals surface area (Å²) in [5.74, 6) is 0. The Balaban J connectivity index is 0. The summed E-state index contributed by atoms with van der Waals surface area (Å²) in [6.07, 6.45) is 24.7. The number of carbonyl (C=O) groups excluding carboxylic acids is 1. The molecule has 0 bridgehead atoms. The number of ether oxygens (including phenoxy) is 2. The summed E-state index contributed by atoms with van der Waals surface area (Å²) in [6.45, 7) is 16.2. The van der Waals surface area contributed by atoms with Crippen molar-refractivity contribution in [2.45, 2.75) is 129 Å². The van der Waals surface area contributed by atoms with E-state index in [0.29, 0.717) is 39.0 Å². The maximum absolute atomic E-state index is 8.00. The molecule has 0 aromatic rings. The monoisotopic (exact) mass is 586 g/mol. The normalized spacial score (nSPS) is 17.3. The van der Waals surface area contributed by atoms with Crippen LogP contribution in [0.15, 0.2) is 24.3 Å². The zero-order chi connectivity index (χ0) is 30.2. The molecule has 1 aliphatic rings. The quantitative estimate of drug-likeness (QED) is 0.0445. The second-order valence-electron chi connectivity index (χ2n) is 10.7. The number of carbonyl (C=O) groups is 1. The minimum absolute atomic E-state index is 0. The van der Waals surface area contributed by atoms with Crippen LogP contribution in [0.1, 0.15) is 113 Å². The molecule has 1 heterocycles. The number of nitrogens with zero attached hydrogens (tertiary/aromatic N) is 1.